The van der Waals surface area contributed by atoms with Gasteiger partial charge in [0.15, 0.2) is 5.75 Å². The quantitative estimate of drug-likeness (QED) is 0.727. The second-order valence-corrected chi connectivity index (χ2v) is 5.28. The standard InChI is InChI=1S/C14H15NO4/c16-12-9(14(18)19)5-2-6-10(12)15-13(17)11-7-3-1-4-8(7)11/h2,5-8,11,16H,1,3-4H2,(H,15,17)(H,18,19). The van der Waals surface area contributed by atoms with Crippen LogP contribution in [0.1, 0.15) is 29.6 Å². The van der Waals surface area contributed by atoms with Crippen molar-refractivity contribution in [1.29, 1.82) is 0 Å². The van der Waals surface area contributed by atoms with Crippen LogP contribution >= 0.6 is 0 Å². The van der Waals surface area contributed by atoms with E-state index in [0.29, 0.717) is 11.8 Å². The first-order chi connectivity index (χ1) is 9.09. The Morgan fingerprint density at radius 2 is 1.89 bits per heavy atom. The lowest BCUT2D eigenvalue weighted by atomic mass is 10.1. The highest BCUT2D eigenvalue weighted by Gasteiger charge is 2.56. The van der Waals surface area contributed by atoms with Gasteiger partial charge in [0.05, 0.1) is 5.69 Å². The van der Waals surface area contributed by atoms with Crippen molar-refractivity contribution in [3.63, 3.8) is 0 Å². The number of aromatic carboxylic acids is 1. The Labute approximate surface area is 110 Å². The van der Waals surface area contributed by atoms with Gasteiger partial charge >= 0.3 is 5.97 Å². The predicted molar refractivity (Wildman–Crippen MR) is 68.0 cm³/mol. The molecule has 5 nitrogen and oxygen atoms in total. The van der Waals surface area contributed by atoms with Crippen molar-refractivity contribution in [3.05, 3.63) is 23.8 Å². The van der Waals surface area contributed by atoms with Crippen LogP contribution in [-0.2, 0) is 4.79 Å². The lowest BCUT2D eigenvalue weighted by Gasteiger charge is -2.09. The summed E-state index contributed by atoms with van der Waals surface area (Å²) in [6, 6.07) is 4.32. The van der Waals surface area contributed by atoms with E-state index in [0.717, 1.165) is 12.8 Å². The van der Waals surface area contributed by atoms with Gasteiger partial charge in [0, 0.05) is 5.92 Å². The zero-order valence-electron chi connectivity index (χ0n) is 10.3. The zero-order chi connectivity index (χ0) is 13.6. The van der Waals surface area contributed by atoms with Crippen LogP contribution in [0.5, 0.6) is 5.75 Å². The third-order valence-corrected chi connectivity index (χ3v) is 4.23. The zero-order valence-corrected chi connectivity index (χ0v) is 10.3. The molecule has 0 aliphatic heterocycles. The number of hydrogen-bond donors (Lipinski definition) is 3. The first kappa shape index (κ1) is 12.0. The number of benzene rings is 1. The molecule has 3 N–H and O–H groups in total. The first-order valence-corrected chi connectivity index (χ1v) is 6.45. The number of carboxylic acid groups (broad SMARTS) is 1. The van der Waals surface area contributed by atoms with Crippen molar-refractivity contribution in [2.24, 2.45) is 17.8 Å². The average molecular weight is 261 g/mol. The summed E-state index contributed by atoms with van der Waals surface area (Å²) in [5.41, 5.74) is -0.0244. The fraction of sp³-hybridized carbons (Fsp3) is 0.429. The number of fused-ring (bicyclic) bond motifs is 1. The van der Waals surface area contributed by atoms with Crippen LogP contribution in [0.25, 0.3) is 0 Å². The maximum absolute atomic E-state index is 12.1. The van der Waals surface area contributed by atoms with Crippen molar-refractivity contribution in [2.45, 2.75) is 19.3 Å². The third kappa shape index (κ3) is 1.95. The van der Waals surface area contributed by atoms with Crippen LogP contribution in [0, 0.1) is 17.8 Å². The summed E-state index contributed by atoms with van der Waals surface area (Å²) in [4.78, 5) is 22.9. The molecule has 2 fully saturated rings. The number of nitrogens with one attached hydrogen (secondary N) is 1. The Morgan fingerprint density at radius 3 is 2.53 bits per heavy atom. The molecule has 0 saturated heterocycles. The van der Waals surface area contributed by atoms with Crippen LogP contribution in [0.2, 0.25) is 0 Å². The summed E-state index contributed by atoms with van der Waals surface area (Å²) < 4.78 is 0. The Morgan fingerprint density at radius 1 is 1.21 bits per heavy atom. The van der Waals surface area contributed by atoms with Crippen molar-refractivity contribution in [2.75, 3.05) is 5.32 Å². The van der Waals surface area contributed by atoms with E-state index in [2.05, 4.69) is 5.32 Å². The fourth-order valence-electron chi connectivity index (χ4n) is 3.24. The Hall–Kier alpha value is -2.04. The van der Waals surface area contributed by atoms with Crippen LogP contribution in [-0.4, -0.2) is 22.1 Å². The Balaban J connectivity index is 1.75. The van der Waals surface area contributed by atoms with Gasteiger partial charge < -0.3 is 15.5 Å². The molecule has 100 valence electrons. The van der Waals surface area contributed by atoms with E-state index in [9.17, 15) is 14.7 Å². The number of anilines is 1. The first-order valence-electron chi connectivity index (χ1n) is 6.45. The number of carbonyl (C=O) groups excluding carboxylic acids is 1. The number of hydrogen-bond acceptors (Lipinski definition) is 3. The number of carboxylic acids is 1. The molecule has 0 radical (unpaired) electrons. The minimum Gasteiger partial charge on any atom is -0.505 e. The van der Waals surface area contributed by atoms with Crippen molar-refractivity contribution in [3.8, 4) is 5.75 Å². The molecule has 2 aliphatic rings. The van der Waals surface area contributed by atoms with E-state index in [4.69, 9.17) is 5.11 Å². The number of rotatable bonds is 3. The lowest BCUT2D eigenvalue weighted by molar-refractivity contribution is -0.118. The molecule has 1 amide bonds. The van der Waals surface area contributed by atoms with Gasteiger partial charge in [-0.25, -0.2) is 4.79 Å². The highest BCUT2D eigenvalue weighted by molar-refractivity contribution is 5.99. The number of carbonyl (C=O) groups is 2. The summed E-state index contributed by atoms with van der Waals surface area (Å²) >= 11 is 0. The molecule has 2 unspecified atom stereocenters. The van der Waals surface area contributed by atoms with Gasteiger partial charge in [-0.05, 0) is 36.8 Å². The minimum absolute atomic E-state index is 0.0432. The molecule has 2 saturated carbocycles. The van der Waals surface area contributed by atoms with Crippen molar-refractivity contribution >= 4 is 17.6 Å². The maximum atomic E-state index is 12.1. The minimum atomic E-state index is -1.21. The molecular formula is C14H15NO4. The topological polar surface area (TPSA) is 86.6 Å². The van der Waals surface area contributed by atoms with Gasteiger partial charge in [-0.1, -0.05) is 12.5 Å². The van der Waals surface area contributed by atoms with Crippen LogP contribution in [0.4, 0.5) is 5.69 Å². The molecular weight excluding hydrogens is 246 g/mol. The monoisotopic (exact) mass is 261 g/mol. The normalized spacial score (nSPS) is 27.7. The summed E-state index contributed by atoms with van der Waals surface area (Å²) in [5.74, 6) is -0.671. The van der Waals surface area contributed by atoms with Gasteiger partial charge in [-0.15, -0.1) is 0 Å². The molecule has 2 aliphatic carbocycles. The second-order valence-electron chi connectivity index (χ2n) is 5.28. The van der Waals surface area contributed by atoms with Crippen molar-refractivity contribution < 1.29 is 19.8 Å². The van der Waals surface area contributed by atoms with Gasteiger partial charge in [-0.3, -0.25) is 4.79 Å². The lowest BCUT2D eigenvalue weighted by Crippen LogP contribution is -2.17. The molecule has 3 rings (SSSR count). The smallest absolute Gasteiger partial charge is 0.339 e. The molecule has 1 aromatic rings. The van der Waals surface area contributed by atoms with Gasteiger partial charge in [0.25, 0.3) is 0 Å². The van der Waals surface area contributed by atoms with Crippen LogP contribution in [0.15, 0.2) is 18.2 Å². The number of amides is 1. The molecule has 2 atom stereocenters. The second kappa shape index (κ2) is 4.26. The summed E-state index contributed by atoms with van der Waals surface area (Å²) in [7, 11) is 0. The van der Waals surface area contributed by atoms with Gasteiger partial charge in [0.1, 0.15) is 5.56 Å². The highest BCUT2D eigenvalue weighted by atomic mass is 16.4. The Bertz CT molecular complexity index is 544. The highest BCUT2D eigenvalue weighted by Crippen LogP contribution is 2.57. The van der Waals surface area contributed by atoms with Crippen LogP contribution < -0.4 is 5.32 Å². The largest absolute Gasteiger partial charge is 0.505 e. The number of aromatic hydroxyl groups is 1. The average Bonchev–Trinajstić information content (AvgIpc) is 2.85. The van der Waals surface area contributed by atoms with Gasteiger partial charge in [-0.2, -0.15) is 0 Å². The summed E-state index contributed by atoms with van der Waals surface area (Å²) in [5, 5.41) is 21.4. The number of para-hydroxylation sites is 1. The molecule has 0 spiro atoms. The molecule has 0 aromatic heterocycles. The summed E-state index contributed by atoms with van der Waals surface area (Å²) in [6.45, 7) is 0. The SMILES string of the molecule is O=C(O)c1cccc(NC(=O)C2C3CCCC32)c1O. The fourth-order valence-corrected chi connectivity index (χ4v) is 3.24. The molecule has 1 aromatic carbocycles. The van der Waals surface area contributed by atoms with Crippen molar-refractivity contribution in [1.82, 2.24) is 0 Å². The summed E-state index contributed by atoms with van der Waals surface area (Å²) in [6.07, 6.45) is 3.40. The third-order valence-electron chi connectivity index (χ3n) is 4.23. The van der Waals surface area contributed by atoms with Crippen LogP contribution in [0.3, 0.4) is 0 Å². The van der Waals surface area contributed by atoms with Gasteiger partial charge in [0.2, 0.25) is 5.91 Å². The molecule has 0 bridgehead atoms. The van der Waals surface area contributed by atoms with E-state index in [-0.39, 0.29) is 28.8 Å². The molecule has 19 heavy (non-hydrogen) atoms. The van der Waals surface area contributed by atoms with E-state index in [1.807, 2.05) is 0 Å². The molecule has 0 heterocycles. The van der Waals surface area contributed by atoms with E-state index in [1.54, 1.807) is 0 Å². The predicted octanol–water partition coefficient (Wildman–Crippen LogP) is 2.07. The van der Waals surface area contributed by atoms with E-state index < -0.39 is 5.97 Å². The number of phenols is 1. The Kier molecular flexibility index (Phi) is 2.69. The maximum Gasteiger partial charge on any atom is 0.339 e. The van der Waals surface area contributed by atoms with E-state index >= 15 is 0 Å². The molecule has 5 heteroatoms. The van der Waals surface area contributed by atoms with E-state index in [1.165, 1.54) is 24.6 Å².